The standard InChI is InChI=1S/C26H28N6O/c1-16(2)12-28-24-25-29-14-23(18-6-8-19(9-7-18)26(33)30-21-10-11-21)32(25)15-22(31-24)20-5-4-17(3)27-13-20/h4-9,13-16,21H,10-12H2,1-3H3,(H,28,31)(H,30,33). The van der Waals surface area contributed by atoms with Crippen molar-refractivity contribution in [2.45, 2.75) is 39.7 Å². The van der Waals surface area contributed by atoms with Gasteiger partial charge in [0.25, 0.3) is 5.91 Å². The number of hydrogen-bond donors (Lipinski definition) is 2. The summed E-state index contributed by atoms with van der Waals surface area (Å²) in [6, 6.07) is 12.1. The molecule has 1 fully saturated rings. The van der Waals surface area contributed by atoms with Crippen LogP contribution < -0.4 is 10.6 Å². The number of benzene rings is 1. The number of carbonyl (C=O) groups is 1. The van der Waals surface area contributed by atoms with E-state index >= 15 is 0 Å². The average molecular weight is 441 g/mol. The molecule has 1 aromatic carbocycles. The van der Waals surface area contributed by atoms with Crippen molar-refractivity contribution in [3.63, 3.8) is 0 Å². The molecule has 0 spiro atoms. The Kier molecular flexibility index (Phi) is 5.54. The number of carbonyl (C=O) groups excluding carboxylic acids is 1. The molecule has 7 nitrogen and oxygen atoms in total. The van der Waals surface area contributed by atoms with Gasteiger partial charge in [-0.25, -0.2) is 9.97 Å². The summed E-state index contributed by atoms with van der Waals surface area (Å²) in [7, 11) is 0. The molecular formula is C26H28N6O. The molecule has 7 heteroatoms. The molecule has 0 aliphatic heterocycles. The van der Waals surface area contributed by atoms with Gasteiger partial charge in [0.05, 0.1) is 17.6 Å². The van der Waals surface area contributed by atoms with E-state index in [-0.39, 0.29) is 5.91 Å². The first kappa shape index (κ1) is 21.1. The summed E-state index contributed by atoms with van der Waals surface area (Å²) < 4.78 is 2.06. The van der Waals surface area contributed by atoms with Crippen molar-refractivity contribution in [1.29, 1.82) is 0 Å². The quantitative estimate of drug-likeness (QED) is 0.434. The number of nitrogens with zero attached hydrogens (tertiary/aromatic N) is 4. The molecule has 0 unspecified atom stereocenters. The van der Waals surface area contributed by atoms with Crippen LogP contribution in [0.4, 0.5) is 5.82 Å². The van der Waals surface area contributed by atoms with Crippen molar-refractivity contribution in [2.24, 2.45) is 5.92 Å². The summed E-state index contributed by atoms with van der Waals surface area (Å²) in [5.74, 6) is 1.20. The van der Waals surface area contributed by atoms with Crippen molar-refractivity contribution in [2.75, 3.05) is 11.9 Å². The first-order chi connectivity index (χ1) is 16.0. The smallest absolute Gasteiger partial charge is 0.251 e. The van der Waals surface area contributed by atoms with Crippen LogP contribution >= 0.6 is 0 Å². The number of amides is 1. The van der Waals surface area contributed by atoms with Gasteiger partial charge in [0.1, 0.15) is 0 Å². The molecule has 3 heterocycles. The van der Waals surface area contributed by atoms with E-state index in [4.69, 9.17) is 4.98 Å². The normalized spacial score (nSPS) is 13.5. The summed E-state index contributed by atoms with van der Waals surface area (Å²) >= 11 is 0. The van der Waals surface area contributed by atoms with Crippen LogP contribution in [0.5, 0.6) is 0 Å². The molecule has 1 aliphatic carbocycles. The maximum atomic E-state index is 12.4. The van der Waals surface area contributed by atoms with Crippen LogP contribution in [0, 0.1) is 12.8 Å². The zero-order chi connectivity index (χ0) is 22.9. The van der Waals surface area contributed by atoms with Gasteiger partial charge in [-0.05, 0) is 49.9 Å². The Morgan fingerprint density at radius 1 is 1.06 bits per heavy atom. The molecule has 2 N–H and O–H groups in total. The summed E-state index contributed by atoms with van der Waals surface area (Å²) in [5.41, 5.74) is 6.10. The van der Waals surface area contributed by atoms with Gasteiger partial charge >= 0.3 is 0 Å². The SMILES string of the molecule is Cc1ccc(-c2cn3c(-c4ccc(C(=O)NC5CC5)cc4)cnc3c(NCC(C)C)n2)cn1. The fraction of sp³-hybridized carbons (Fsp3) is 0.308. The van der Waals surface area contributed by atoms with E-state index in [2.05, 4.69) is 38.8 Å². The number of aromatic nitrogens is 4. The van der Waals surface area contributed by atoms with E-state index in [1.807, 2.05) is 61.9 Å². The minimum atomic E-state index is -0.0132. The van der Waals surface area contributed by atoms with E-state index < -0.39 is 0 Å². The van der Waals surface area contributed by atoms with Crippen molar-refractivity contribution < 1.29 is 4.79 Å². The van der Waals surface area contributed by atoms with Crippen LogP contribution in [0.3, 0.4) is 0 Å². The number of rotatable bonds is 7. The maximum absolute atomic E-state index is 12.4. The summed E-state index contributed by atoms with van der Waals surface area (Å²) in [6.45, 7) is 7.09. The Balaban J connectivity index is 1.54. The van der Waals surface area contributed by atoms with E-state index in [0.29, 0.717) is 17.5 Å². The van der Waals surface area contributed by atoms with E-state index in [0.717, 1.165) is 59.1 Å². The first-order valence-corrected chi connectivity index (χ1v) is 11.4. The van der Waals surface area contributed by atoms with Crippen molar-refractivity contribution >= 4 is 17.4 Å². The largest absolute Gasteiger partial charge is 0.367 e. The van der Waals surface area contributed by atoms with Crippen molar-refractivity contribution in [3.8, 4) is 22.5 Å². The predicted molar refractivity (Wildman–Crippen MR) is 130 cm³/mol. The number of anilines is 1. The highest BCUT2D eigenvalue weighted by Gasteiger charge is 2.23. The highest BCUT2D eigenvalue weighted by Crippen LogP contribution is 2.28. The van der Waals surface area contributed by atoms with Crippen LogP contribution in [0.1, 0.15) is 42.7 Å². The van der Waals surface area contributed by atoms with Gasteiger partial charge in [-0.15, -0.1) is 0 Å². The minimum absolute atomic E-state index is 0.0132. The molecule has 0 radical (unpaired) electrons. The van der Waals surface area contributed by atoms with Crippen molar-refractivity contribution in [3.05, 3.63) is 66.2 Å². The first-order valence-electron chi connectivity index (χ1n) is 11.4. The second kappa shape index (κ2) is 8.65. The molecule has 1 saturated carbocycles. The zero-order valence-electron chi connectivity index (χ0n) is 19.2. The Labute approximate surface area is 193 Å². The van der Waals surface area contributed by atoms with Gasteiger partial charge in [-0.1, -0.05) is 26.0 Å². The minimum Gasteiger partial charge on any atom is -0.367 e. The van der Waals surface area contributed by atoms with E-state index in [9.17, 15) is 4.79 Å². The highest BCUT2D eigenvalue weighted by molar-refractivity contribution is 5.95. The van der Waals surface area contributed by atoms with Gasteiger partial charge in [0.15, 0.2) is 11.5 Å². The Hall–Kier alpha value is -3.74. The third-order valence-corrected chi connectivity index (χ3v) is 5.73. The third-order valence-electron chi connectivity index (χ3n) is 5.73. The van der Waals surface area contributed by atoms with Crippen LogP contribution in [0.25, 0.3) is 28.2 Å². The fourth-order valence-electron chi connectivity index (χ4n) is 3.67. The van der Waals surface area contributed by atoms with Gasteiger partial charge < -0.3 is 10.6 Å². The number of aryl methyl sites for hydroxylation is 1. The molecule has 168 valence electrons. The van der Waals surface area contributed by atoms with Gasteiger partial charge in [-0.3, -0.25) is 14.2 Å². The lowest BCUT2D eigenvalue weighted by molar-refractivity contribution is 0.0951. The number of hydrogen-bond acceptors (Lipinski definition) is 5. The topological polar surface area (TPSA) is 84.2 Å². The lowest BCUT2D eigenvalue weighted by atomic mass is 10.1. The van der Waals surface area contributed by atoms with Crippen molar-refractivity contribution in [1.82, 2.24) is 24.7 Å². The predicted octanol–water partition coefficient (Wildman–Crippen LogP) is 4.73. The number of imidazole rings is 1. The van der Waals surface area contributed by atoms with Crippen LogP contribution in [0.2, 0.25) is 0 Å². The van der Waals surface area contributed by atoms with Gasteiger partial charge in [0.2, 0.25) is 0 Å². The molecule has 0 bridgehead atoms. The lowest BCUT2D eigenvalue weighted by Crippen LogP contribution is -2.25. The number of nitrogens with one attached hydrogen (secondary N) is 2. The molecule has 0 saturated heterocycles. The summed E-state index contributed by atoms with van der Waals surface area (Å²) in [5, 5.41) is 6.49. The molecule has 33 heavy (non-hydrogen) atoms. The maximum Gasteiger partial charge on any atom is 0.251 e. The van der Waals surface area contributed by atoms with Crippen LogP contribution in [-0.2, 0) is 0 Å². The molecule has 5 rings (SSSR count). The summed E-state index contributed by atoms with van der Waals surface area (Å²) in [4.78, 5) is 26.3. The van der Waals surface area contributed by atoms with E-state index in [1.165, 1.54) is 0 Å². The summed E-state index contributed by atoms with van der Waals surface area (Å²) in [6.07, 6.45) is 7.85. The second-order valence-corrected chi connectivity index (χ2v) is 9.10. The number of pyridine rings is 1. The Bertz CT molecular complexity index is 1290. The Morgan fingerprint density at radius 2 is 1.82 bits per heavy atom. The molecule has 1 aliphatic rings. The lowest BCUT2D eigenvalue weighted by Gasteiger charge is -2.13. The average Bonchev–Trinajstić information content (AvgIpc) is 3.53. The van der Waals surface area contributed by atoms with Crippen LogP contribution in [0.15, 0.2) is 55.0 Å². The third kappa shape index (κ3) is 4.58. The number of fused-ring (bicyclic) bond motifs is 1. The molecule has 3 aromatic heterocycles. The van der Waals surface area contributed by atoms with Crippen LogP contribution in [-0.4, -0.2) is 37.8 Å². The highest BCUT2D eigenvalue weighted by atomic mass is 16.1. The van der Waals surface area contributed by atoms with E-state index in [1.54, 1.807) is 0 Å². The van der Waals surface area contributed by atoms with Gasteiger partial charge in [-0.2, -0.15) is 0 Å². The second-order valence-electron chi connectivity index (χ2n) is 9.10. The zero-order valence-corrected chi connectivity index (χ0v) is 19.2. The van der Waals surface area contributed by atoms with Gasteiger partial charge in [0, 0.05) is 47.4 Å². The molecule has 4 aromatic rings. The monoisotopic (exact) mass is 440 g/mol. The fourth-order valence-corrected chi connectivity index (χ4v) is 3.67. The molecule has 0 atom stereocenters. The Morgan fingerprint density at radius 3 is 2.48 bits per heavy atom. The molecular weight excluding hydrogens is 412 g/mol. The molecule has 1 amide bonds.